The van der Waals surface area contributed by atoms with Crippen LogP contribution in [-0.2, 0) is 4.79 Å². The Balaban J connectivity index is 1.73. The summed E-state index contributed by atoms with van der Waals surface area (Å²) in [6.45, 7) is 0. The second kappa shape index (κ2) is 9.97. The molecule has 0 radical (unpaired) electrons. The van der Waals surface area contributed by atoms with Gasteiger partial charge in [-0.15, -0.1) is 0 Å². The summed E-state index contributed by atoms with van der Waals surface area (Å²) in [6, 6.07) is 27.1. The van der Waals surface area contributed by atoms with E-state index in [4.69, 9.17) is 0 Å². The predicted molar refractivity (Wildman–Crippen MR) is 122 cm³/mol. The Morgan fingerprint density at radius 2 is 1.64 bits per heavy atom. The fourth-order valence-electron chi connectivity index (χ4n) is 2.31. The molecule has 0 fully saturated rings. The van der Waals surface area contributed by atoms with Crippen LogP contribution in [-0.4, -0.2) is 5.91 Å². The van der Waals surface area contributed by atoms with E-state index in [0.717, 1.165) is 19.0 Å². The molecule has 3 rings (SSSR count). The maximum atomic E-state index is 12.6. The van der Waals surface area contributed by atoms with Gasteiger partial charge in [-0.05, 0) is 71.1 Å². The minimum Gasteiger partial charge on any atom is -0.360 e. The molecule has 2 N–H and O–H groups in total. The van der Waals surface area contributed by atoms with Crippen molar-refractivity contribution in [2.24, 2.45) is 0 Å². The Labute approximate surface area is 181 Å². The minimum atomic E-state index is -0.457. The van der Waals surface area contributed by atoms with Crippen LogP contribution >= 0.6 is 34.4 Å². The summed E-state index contributed by atoms with van der Waals surface area (Å²) in [6.07, 6.45) is 1.42. The summed E-state index contributed by atoms with van der Waals surface area (Å²) in [7, 11) is 0. The van der Waals surface area contributed by atoms with Gasteiger partial charge in [0.1, 0.15) is 11.6 Å². The number of carbonyl (C=O) groups excluding carboxylic acids is 1. The van der Waals surface area contributed by atoms with E-state index in [2.05, 4.69) is 33.2 Å². The van der Waals surface area contributed by atoms with Crippen LogP contribution in [0.25, 0.3) is 0 Å². The van der Waals surface area contributed by atoms with E-state index in [1.54, 1.807) is 11.8 Å². The van der Waals surface area contributed by atoms with Gasteiger partial charge in [0.05, 0.1) is 5.69 Å². The van der Waals surface area contributed by atoms with Crippen LogP contribution in [0.2, 0.25) is 0 Å². The molecular formula is C22H16IN3OS. The highest BCUT2D eigenvalue weighted by atomic mass is 127. The third-order valence-corrected chi connectivity index (χ3v) is 5.50. The average Bonchev–Trinajstić information content (AvgIpc) is 2.72. The molecule has 0 saturated heterocycles. The SMILES string of the molecule is N#C/C(=C/Nc1ccc(I)cc1)C(=O)Nc1ccccc1Sc1ccccc1. The van der Waals surface area contributed by atoms with Crippen LogP contribution in [0.4, 0.5) is 11.4 Å². The molecule has 0 aliphatic carbocycles. The van der Waals surface area contributed by atoms with Crippen LogP contribution in [0.15, 0.2) is 100 Å². The van der Waals surface area contributed by atoms with Crippen molar-refractivity contribution >= 4 is 51.6 Å². The zero-order valence-corrected chi connectivity index (χ0v) is 17.7. The van der Waals surface area contributed by atoms with E-state index in [1.165, 1.54) is 6.20 Å². The molecule has 138 valence electrons. The first-order valence-electron chi connectivity index (χ1n) is 8.41. The highest BCUT2D eigenvalue weighted by Crippen LogP contribution is 2.33. The van der Waals surface area contributed by atoms with Gasteiger partial charge in [0.25, 0.3) is 5.91 Å². The normalized spacial score (nSPS) is 10.8. The van der Waals surface area contributed by atoms with Gasteiger partial charge in [-0.3, -0.25) is 4.79 Å². The van der Waals surface area contributed by atoms with Crippen molar-refractivity contribution in [2.75, 3.05) is 10.6 Å². The highest BCUT2D eigenvalue weighted by Gasteiger charge is 2.12. The molecule has 0 unspecified atom stereocenters. The van der Waals surface area contributed by atoms with E-state index in [0.29, 0.717) is 5.69 Å². The Morgan fingerprint density at radius 1 is 0.964 bits per heavy atom. The van der Waals surface area contributed by atoms with Gasteiger partial charge in [-0.1, -0.05) is 42.1 Å². The highest BCUT2D eigenvalue weighted by molar-refractivity contribution is 14.1. The number of benzene rings is 3. The Hall–Kier alpha value is -2.76. The standard InChI is InChI=1S/C22H16IN3OS/c23-17-10-12-18(13-11-17)25-15-16(14-24)22(27)26-20-8-4-5-9-21(20)28-19-6-2-1-3-7-19/h1-13,15,25H,(H,26,27)/b16-15-. The molecule has 3 aromatic carbocycles. The monoisotopic (exact) mass is 497 g/mol. The summed E-state index contributed by atoms with van der Waals surface area (Å²) in [5.74, 6) is -0.457. The minimum absolute atomic E-state index is 0.00179. The smallest absolute Gasteiger partial charge is 0.267 e. The molecule has 0 atom stereocenters. The molecule has 1 amide bonds. The number of rotatable bonds is 6. The summed E-state index contributed by atoms with van der Waals surface area (Å²) >= 11 is 3.77. The van der Waals surface area contributed by atoms with Crippen molar-refractivity contribution in [3.05, 3.63) is 94.2 Å². The van der Waals surface area contributed by atoms with Gasteiger partial charge in [0, 0.05) is 25.2 Å². The van der Waals surface area contributed by atoms with E-state index >= 15 is 0 Å². The van der Waals surface area contributed by atoms with Gasteiger partial charge in [-0.2, -0.15) is 5.26 Å². The zero-order chi connectivity index (χ0) is 19.8. The van der Waals surface area contributed by atoms with Crippen molar-refractivity contribution in [3.8, 4) is 6.07 Å². The van der Waals surface area contributed by atoms with E-state index < -0.39 is 5.91 Å². The fraction of sp³-hybridized carbons (Fsp3) is 0. The first kappa shape index (κ1) is 20.0. The van der Waals surface area contributed by atoms with Crippen molar-refractivity contribution in [1.29, 1.82) is 5.26 Å². The third kappa shape index (κ3) is 5.62. The number of hydrogen-bond donors (Lipinski definition) is 2. The number of anilines is 2. The number of nitriles is 1. The van der Waals surface area contributed by atoms with Gasteiger partial charge in [-0.25, -0.2) is 0 Å². The molecule has 0 aliphatic heterocycles. The number of carbonyl (C=O) groups is 1. The van der Waals surface area contributed by atoms with Crippen LogP contribution < -0.4 is 10.6 Å². The fourth-order valence-corrected chi connectivity index (χ4v) is 3.60. The summed E-state index contributed by atoms with van der Waals surface area (Å²) in [5.41, 5.74) is 1.47. The first-order valence-corrected chi connectivity index (χ1v) is 10.3. The second-order valence-electron chi connectivity index (χ2n) is 5.69. The summed E-state index contributed by atoms with van der Waals surface area (Å²) < 4.78 is 1.11. The molecule has 0 aliphatic rings. The molecule has 28 heavy (non-hydrogen) atoms. The number of hydrogen-bond acceptors (Lipinski definition) is 4. The van der Waals surface area contributed by atoms with Gasteiger partial charge in [0.2, 0.25) is 0 Å². The van der Waals surface area contributed by atoms with Crippen LogP contribution in [0.1, 0.15) is 0 Å². The molecule has 3 aromatic rings. The van der Waals surface area contributed by atoms with Gasteiger partial charge in [0.15, 0.2) is 0 Å². The van der Waals surface area contributed by atoms with Crippen LogP contribution in [0.3, 0.4) is 0 Å². The van der Waals surface area contributed by atoms with Crippen LogP contribution in [0.5, 0.6) is 0 Å². The predicted octanol–water partition coefficient (Wildman–Crippen LogP) is 5.90. The number of nitrogens with zero attached hydrogens (tertiary/aromatic N) is 1. The molecule has 0 saturated carbocycles. The van der Waals surface area contributed by atoms with Gasteiger partial charge < -0.3 is 10.6 Å². The molecule has 0 spiro atoms. The lowest BCUT2D eigenvalue weighted by Crippen LogP contribution is -2.15. The Kier molecular flexibility index (Phi) is 7.12. The van der Waals surface area contributed by atoms with Crippen molar-refractivity contribution in [3.63, 3.8) is 0 Å². The molecule has 0 aromatic heterocycles. The zero-order valence-electron chi connectivity index (χ0n) is 14.7. The lowest BCUT2D eigenvalue weighted by molar-refractivity contribution is -0.112. The quantitative estimate of drug-likeness (QED) is 0.253. The van der Waals surface area contributed by atoms with E-state index in [-0.39, 0.29) is 5.57 Å². The lowest BCUT2D eigenvalue weighted by Gasteiger charge is -2.10. The van der Waals surface area contributed by atoms with Crippen LogP contribution in [0, 0.1) is 14.9 Å². The molecule has 4 nitrogen and oxygen atoms in total. The van der Waals surface area contributed by atoms with Crippen molar-refractivity contribution in [1.82, 2.24) is 0 Å². The molecule has 6 heteroatoms. The maximum absolute atomic E-state index is 12.6. The van der Waals surface area contributed by atoms with Gasteiger partial charge >= 0.3 is 0 Å². The molecule has 0 bridgehead atoms. The van der Waals surface area contributed by atoms with Crippen molar-refractivity contribution in [2.45, 2.75) is 9.79 Å². The third-order valence-electron chi connectivity index (χ3n) is 3.70. The average molecular weight is 497 g/mol. The largest absolute Gasteiger partial charge is 0.360 e. The lowest BCUT2D eigenvalue weighted by atomic mass is 10.2. The number of para-hydroxylation sites is 1. The van der Waals surface area contributed by atoms with E-state index in [1.807, 2.05) is 84.9 Å². The number of nitrogens with one attached hydrogen (secondary N) is 2. The first-order chi connectivity index (χ1) is 13.7. The summed E-state index contributed by atoms with van der Waals surface area (Å²) in [4.78, 5) is 14.5. The topological polar surface area (TPSA) is 64.9 Å². The Morgan fingerprint density at radius 3 is 2.36 bits per heavy atom. The number of halogens is 1. The molecular weight excluding hydrogens is 481 g/mol. The Bertz CT molecular complexity index is 1030. The number of amides is 1. The van der Waals surface area contributed by atoms with Crippen molar-refractivity contribution < 1.29 is 4.79 Å². The maximum Gasteiger partial charge on any atom is 0.267 e. The van der Waals surface area contributed by atoms with E-state index in [9.17, 15) is 10.1 Å². The second-order valence-corrected chi connectivity index (χ2v) is 8.05. The molecule has 0 heterocycles. The summed E-state index contributed by atoms with van der Waals surface area (Å²) in [5, 5.41) is 15.2.